The van der Waals surface area contributed by atoms with Crippen molar-refractivity contribution in [1.82, 2.24) is 10.2 Å². The maximum Gasteiger partial charge on any atom is 0.356 e. The predicted molar refractivity (Wildman–Crippen MR) is 94.8 cm³/mol. The maximum atomic E-state index is 10.9. The number of benzene rings is 1. The molecule has 0 bridgehead atoms. The van der Waals surface area contributed by atoms with Crippen LogP contribution in [0, 0.1) is 0 Å². The Morgan fingerprint density at radius 1 is 1.23 bits per heavy atom. The van der Waals surface area contributed by atoms with Gasteiger partial charge in [-0.1, -0.05) is 12.1 Å². The van der Waals surface area contributed by atoms with Crippen molar-refractivity contribution in [1.29, 1.82) is 0 Å². The third-order valence-electron chi connectivity index (χ3n) is 5.30. The highest BCUT2D eigenvalue weighted by Gasteiger charge is 2.43. The molecule has 1 fully saturated rings. The van der Waals surface area contributed by atoms with Gasteiger partial charge >= 0.3 is 5.97 Å². The standard InChI is InChI=1S/C19H21N3O4/c1-25-15-4-2-3-13-7-12-26-19(17(13)15)8-10-22(11-9-19)16-6-5-14(18(23)24)20-21-16/h2-6H,7-12H2,1H3,(H,23,24). The number of carboxylic acid groups (broad SMARTS) is 1. The number of aromatic nitrogens is 2. The second kappa shape index (κ2) is 6.57. The molecule has 1 spiro atoms. The number of anilines is 1. The molecule has 1 aromatic carbocycles. The summed E-state index contributed by atoms with van der Waals surface area (Å²) in [6, 6.07) is 9.39. The van der Waals surface area contributed by atoms with Crippen LogP contribution in [-0.4, -0.2) is 48.1 Å². The zero-order valence-electron chi connectivity index (χ0n) is 14.6. The van der Waals surface area contributed by atoms with Crippen LogP contribution in [0.3, 0.4) is 0 Å². The summed E-state index contributed by atoms with van der Waals surface area (Å²) in [5, 5.41) is 16.8. The van der Waals surface area contributed by atoms with Gasteiger partial charge in [0, 0.05) is 18.7 Å². The first kappa shape index (κ1) is 16.8. The van der Waals surface area contributed by atoms with Crippen molar-refractivity contribution in [2.24, 2.45) is 0 Å². The lowest BCUT2D eigenvalue weighted by Gasteiger charge is -2.45. The van der Waals surface area contributed by atoms with E-state index in [4.69, 9.17) is 14.6 Å². The average Bonchev–Trinajstić information content (AvgIpc) is 2.68. The van der Waals surface area contributed by atoms with Crippen LogP contribution in [0.2, 0.25) is 0 Å². The molecule has 7 nitrogen and oxygen atoms in total. The van der Waals surface area contributed by atoms with E-state index >= 15 is 0 Å². The number of rotatable bonds is 3. The van der Waals surface area contributed by atoms with Crippen molar-refractivity contribution < 1.29 is 19.4 Å². The average molecular weight is 355 g/mol. The summed E-state index contributed by atoms with van der Waals surface area (Å²) in [4.78, 5) is 13.0. The lowest BCUT2D eigenvalue weighted by atomic mass is 9.79. The van der Waals surface area contributed by atoms with Gasteiger partial charge in [-0.05, 0) is 43.0 Å². The number of nitrogens with zero attached hydrogens (tertiary/aromatic N) is 3. The molecule has 0 radical (unpaired) electrons. The Kier molecular flexibility index (Phi) is 4.24. The molecule has 0 unspecified atom stereocenters. The van der Waals surface area contributed by atoms with Crippen LogP contribution < -0.4 is 9.64 Å². The van der Waals surface area contributed by atoms with E-state index in [2.05, 4.69) is 21.2 Å². The summed E-state index contributed by atoms with van der Waals surface area (Å²) in [7, 11) is 1.70. The first-order valence-corrected chi connectivity index (χ1v) is 8.75. The Morgan fingerprint density at radius 3 is 2.69 bits per heavy atom. The number of ether oxygens (including phenoxy) is 2. The molecule has 3 heterocycles. The topological polar surface area (TPSA) is 84.8 Å². The number of carboxylic acids is 1. The zero-order chi connectivity index (χ0) is 18.1. The SMILES string of the molecule is COc1cccc2c1C1(CCN(c3ccc(C(=O)O)nn3)CC1)OCC2. The van der Waals surface area contributed by atoms with Gasteiger partial charge < -0.3 is 19.5 Å². The van der Waals surface area contributed by atoms with Crippen LogP contribution in [0.4, 0.5) is 5.82 Å². The van der Waals surface area contributed by atoms with Gasteiger partial charge in [0.1, 0.15) is 11.4 Å². The van der Waals surface area contributed by atoms with Gasteiger partial charge in [0.05, 0.1) is 13.7 Å². The Balaban J connectivity index is 1.57. The number of piperidine rings is 1. The van der Waals surface area contributed by atoms with Gasteiger partial charge in [0.15, 0.2) is 11.5 Å². The molecule has 0 aliphatic carbocycles. The van der Waals surface area contributed by atoms with Crippen LogP contribution in [0.25, 0.3) is 0 Å². The van der Waals surface area contributed by atoms with Crippen molar-refractivity contribution in [3.63, 3.8) is 0 Å². The summed E-state index contributed by atoms with van der Waals surface area (Å²) in [5.41, 5.74) is 2.11. The fourth-order valence-electron chi connectivity index (χ4n) is 4.00. The molecule has 4 rings (SSSR count). The van der Waals surface area contributed by atoms with E-state index in [0.29, 0.717) is 12.4 Å². The molecule has 2 aromatic rings. The quantitative estimate of drug-likeness (QED) is 0.904. The summed E-state index contributed by atoms with van der Waals surface area (Å²) >= 11 is 0. The van der Waals surface area contributed by atoms with Gasteiger partial charge in [-0.15, -0.1) is 10.2 Å². The predicted octanol–water partition coefficient (Wildman–Crippen LogP) is 2.25. The van der Waals surface area contributed by atoms with E-state index in [9.17, 15) is 4.79 Å². The molecule has 7 heteroatoms. The molecular weight excluding hydrogens is 334 g/mol. The molecule has 2 aliphatic rings. The van der Waals surface area contributed by atoms with E-state index in [-0.39, 0.29) is 11.3 Å². The van der Waals surface area contributed by atoms with Gasteiger partial charge in [0.2, 0.25) is 0 Å². The van der Waals surface area contributed by atoms with Gasteiger partial charge in [-0.2, -0.15) is 0 Å². The highest BCUT2D eigenvalue weighted by Crippen LogP contribution is 2.46. The van der Waals surface area contributed by atoms with E-state index in [1.54, 1.807) is 13.2 Å². The minimum absolute atomic E-state index is 0.0449. The van der Waals surface area contributed by atoms with Crippen molar-refractivity contribution in [3.05, 3.63) is 47.2 Å². The van der Waals surface area contributed by atoms with E-state index < -0.39 is 5.97 Å². The monoisotopic (exact) mass is 355 g/mol. The molecule has 136 valence electrons. The van der Waals surface area contributed by atoms with Crippen molar-refractivity contribution in [3.8, 4) is 5.75 Å². The van der Waals surface area contributed by atoms with Crippen LogP contribution in [0.15, 0.2) is 30.3 Å². The van der Waals surface area contributed by atoms with Crippen LogP contribution in [0.5, 0.6) is 5.75 Å². The third-order valence-corrected chi connectivity index (χ3v) is 5.30. The number of hydrogen-bond acceptors (Lipinski definition) is 6. The first-order chi connectivity index (χ1) is 12.6. The molecule has 0 saturated carbocycles. The minimum atomic E-state index is -1.07. The normalized spacial score (nSPS) is 18.4. The number of aromatic carboxylic acids is 1. The fourth-order valence-corrected chi connectivity index (χ4v) is 4.00. The number of methoxy groups -OCH3 is 1. The first-order valence-electron chi connectivity index (χ1n) is 8.75. The summed E-state index contributed by atoms with van der Waals surface area (Å²) < 4.78 is 11.9. The largest absolute Gasteiger partial charge is 0.496 e. The number of hydrogen-bond donors (Lipinski definition) is 1. The van der Waals surface area contributed by atoms with Crippen molar-refractivity contribution >= 4 is 11.8 Å². The summed E-state index contributed by atoms with van der Waals surface area (Å²) in [6.07, 6.45) is 2.55. The van der Waals surface area contributed by atoms with Crippen LogP contribution in [0.1, 0.15) is 34.5 Å². The molecule has 1 saturated heterocycles. The van der Waals surface area contributed by atoms with Crippen LogP contribution >= 0.6 is 0 Å². The fraction of sp³-hybridized carbons (Fsp3) is 0.421. The Hall–Kier alpha value is -2.67. The highest BCUT2D eigenvalue weighted by atomic mass is 16.5. The van der Waals surface area contributed by atoms with Gasteiger partial charge in [0.25, 0.3) is 0 Å². The Bertz CT molecular complexity index is 800. The molecular formula is C19H21N3O4. The summed E-state index contributed by atoms with van der Waals surface area (Å²) in [5.74, 6) is 0.517. The maximum absolute atomic E-state index is 10.9. The van der Waals surface area contributed by atoms with E-state index in [0.717, 1.165) is 38.1 Å². The molecule has 0 amide bonds. The van der Waals surface area contributed by atoms with Crippen molar-refractivity contribution in [2.45, 2.75) is 24.9 Å². The van der Waals surface area contributed by atoms with Crippen molar-refractivity contribution in [2.75, 3.05) is 31.7 Å². The second-order valence-electron chi connectivity index (χ2n) is 6.66. The van der Waals surface area contributed by atoms with E-state index in [1.165, 1.54) is 17.2 Å². The molecule has 0 atom stereocenters. The molecule has 1 N–H and O–H groups in total. The van der Waals surface area contributed by atoms with Gasteiger partial charge in [-0.25, -0.2) is 4.79 Å². The lowest BCUT2D eigenvalue weighted by Crippen LogP contribution is -2.47. The number of carbonyl (C=O) groups is 1. The Labute approximate surface area is 151 Å². The third kappa shape index (κ3) is 2.78. The molecule has 26 heavy (non-hydrogen) atoms. The Morgan fingerprint density at radius 2 is 2.04 bits per heavy atom. The number of fused-ring (bicyclic) bond motifs is 2. The van der Waals surface area contributed by atoms with Crippen LogP contribution in [-0.2, 0) is 16.8 Å². The van der Waals surface area contributed by atoms with Gasteiger partial charge in [-0.3, -0.25) is 0 Å². The highest BCUT2D eigenvalue weighted by molar-refractivity contribution is 5.85. The smallest absolute Gasteiger partial charge is 0.356 e. The second-order valence-corrected chi connectivity index (χ2v) is 6.66. The zero-order valence-corrected chi connectivity index (χ0v) is 14.6. The minimum Gasteiger partial charge on any atom is -0.496 e. The summed E-state index contributed by atoms with van der Waals surface area (Å²) in [6.45, 7) is 2.24. The van der Waals surface area contributed by atoms with E-state index in [1.807, 2.05) is 12.1 Å². The molecule has 2 aliphatic heterocycles. The molecule has 1 aromatic heterocycles. The lowest BCUT2D eigenvalue weighted by molar-refractivity contribution is -0.0780.